The second-order valence-corrected chi connectivity index (χ2v) is 11.6. The number of anilines is 1. The standard InChI is InChI=1S/C30H36ClN5O4S/c1-19-16-26(31)33-21(3)27(19)28(37)32-12-8-20(2)35-13-9-25(10-14-35)36(17-22-11-15-41-18-22)30(40)34-24-6-4-23(5-7-24)29(38)39/h4-7,11,15-16,18,20,25H,8-10,12-14,17H2,1-3H3,(H,32,37)(H,34,40)(H,38,39)/t20-/m1/s1. The number of carbonyl (C=O) groups is 3. The molecule has 41 heavy (non-hydrogen) atoms. The van der Waals surface area contributed by atoms with Crippen molar-refractivity contribution in [3.8, 4) is 0 Å². The van der Waals surface area contributed by atoms with Crippen molar-refractivity contribution in [2.75, 3.05) is 25.0 Å². The molecule has 2 aromatic heterocycles. The van der Waals surface area contributed by atoms with Crippen molar-refractivity contribution in [3.63, 3.8) is 0 Å². The van der Waals surface area contributed by atoms with Gasteiger partial charge in [-0.1, -0.05) is 11.6 Å². The average molecular weight is 598 g/mol. The summed E-state index contributed by atoms with van der Waals surface area (Å²) in [4.78, 5) is 45.8. The van der Waals surface area contributed by atoms with Crippen LogP contribution in [0.15, 0.2) is 47.2 Å². The highest BCUT2D eigenvalue weighted by molar-refractivity contribution is 7.07. The molecule has 4 rings (SSSR count). The van der Waals surface area contributed by atoms with Crippen molar-refractivity contribution in [2.24, 2.45) is 0 Å². The van der Waals surface area contributed by atoms with Crippen LogP contribution in [0.4, 0.5) is 10.5 Å². The monoisotopic (exact) mass is 597 g/mol. The van der Waals surface area contributed by atoms with Gasteiger partial charge in [0.25, 0.3) is 5.91 Å². The molecular weight excluding hydrogens is 562 g/mol. The summed E-state index contributed by atoms with van der Waals surface area (Å²) in [6, 6.07) is 10.1. The summed E-state index contributed by atoms with van der Waals surface area (Å²) in [6.07, 6.45) is 2.48. The Morgan fingerprint density at radius 1 is 1.17 bits per heavy atom. The maximum atomic E-state index is 13.4. The second kappa shape index (κ2) is 13.9. The van der Waals surface area contributed by atoms with Crippen molar-refractivity contribution in [3.05, 3.63) is 80.3 Å². The quantitative estimate of drug-likeness (QED) is 0.254. The number of pyridine rings is 1. The minimum atomic E-state index is -1.01. The van der Waals surface area contributed by atoms with Gasteiger partial charge in [-0.15, -0.1) is 0 Å². The number of piperidine rings is 1. The van der Waals surface area contributed by atoms with Crippen LogP contribution in [0.5, 0.6) is 0 Å². The third-order valence-electron chi connectivity index (χ3n) is 7.58. The van der Waals surface area contributed by atoms with E-state index in [1.54, 1.807) is 36.5 Å². The molecule has 1 saturated heterocycles. The number of aryl methyl sites for hydroxylation is 2. The predicted molar refractivity (Wildman–Crippen MR) is 162 cm³/mol. The Morgan fingerprint density at radius 2 is 1.88 bits per heavy atom. The van der Waals surface area contributed by atoms with Crippen LogP contribution in [0.25, 0.3) is 0 Å². The number of aromatic carboxylic acids is 1. The van der Waals surface area contributed by atoms with Crippen LogP contribution in [0.2, 0.25) is 5.15 Å². The minimum Gasteiger partial charge on any atom is -0.478 e. The van der Waals surface area contributed by atoms with Crippen molar-refractivity contribution >= 4 is 46.5 Å². The molecule has 0 radical (unpaired) electrons. The summed E-state index contributed by atoms with van der Waals surface area (Å²) in [5.41, 5.74) is 3.82. The lowest BCUT2D eigenvalue weighted by Gasteiger charge is -2.40. The molecular formula is C30H36ClN5O4S. The molecule has 1 aromatic carbocycles. The number of rotatable bonds is 10. The fourth-order valence-electron chi connectivity index (χ4n) is 5.27. The van der Waals surface area contributed by atoms with Gasteiger partial charge in [-0.05, 0) is 98.3 Å². The largest absolute Gasteiger partial charge is 0.478 e. The number of halogens is 1. The molecule has 3 aromatic rings. The number of nitrogens with one attached hydrogen (secondary N) is 2. The molecule has 1 fully saturated rings. The highest BCUT2D eigenvalue weighted by Crippen LogP contribution is 2.24. The van der Waals surface area contributed by atoms with Gasteiger partial charge < -0.3 is 25.5 Å². The summed E-state index contributed by atoms with van der Waals surface area (Å²) in [7, 11) is 0. The molecule has 0 bridgehead atoms. The Labute approximate surface area is 249 Å². The predicted octanol–water partition coefficient (Wildman–Crippen LogP) is 5.82. The topological polar surface area (TPSA) is 115 Å². The van der Waals surface area contributed by atoms with Crippen molar-refractivity contribution < 1.29 is 19.5 Å². The van der Waals surface area contributed by atoms with Crippen LogP contribution in [-0.4, -0.2) is 69.5 Å². The number of aromatic nitrogens is 1. The molecule has 0 saturated carbocycles. The van der Waals surface area contributed by atoms with Gasteiger partial charge in [-0.3, -0.25) is 4.79 Å². The smallest absolute Gasteiger partial charge is 0.335 e. The third-order valence-corrected chi connectivity index (χ3v) is 8.51. The van der Waals surface area contributed by atoms with Crippen molar-refractivity contribution in [1.29, 1.82) is 0 Å². The third kappa shape index (κ3) is 8.06. The van der Waals surface area contributed by atoms with E-state index < -0.39 is 5.97 Å². The van der Waals surface area contributed by atoms with Crippen LogP contribution in [-0.2, 0) is 6.54 Å². The molecule has 1 aliphatic heterocycles. The Morgan fingerprint density at radius 3 is 2.49 bits per heavy atom. The second-order valence-electron chi connectivity index (χ2n) is 10.5. The van der Waals surface area contributed by atoms with E-state index in [4.69, 9.17) is 16.7 Å². The van der Waals surface area contributed by atoms with Gasteiger partial charge >= 0.3 is 12.0 Å². The molecule has 3 heterocycles. The van der Waals surface area contributed by atoms with E-state index in [1.807, 2.05) is 23.3 Å². The van der Waals surface area contributed by atoms with Gasteiger partial charge in [0.15, 0.2) is 0 Å². The van der Waals surface area contributed by atoms with Crippen LogP contribution in [0, 0.1) is 13.8 Å². The van der Waals surface area contributed by atoms with E-state index in [1.165, 1.54) is 12.1 Å². The van der Waals surface area contributed by atoms with Crippen LogP contribution >= 0.6 is 22.9 Å². The number of hydrogen-bond acceptors (Lipinski definition) is 6. The first-order chi connectivity index (χ1) is 19.6. The van der Waals surface area contributed by atoms with E-state index >= 15 is 0 Å². The van der Waals surface area contributed by atoms with E-state index in [2.05, 4.69) is 32.8 Å². The molecule has 0 aliphatic carbocycles. The summed E-state index contributed by atoms with van der Waals surface area (Å²) in [6.45, 7) is 8.57. The first kappa shape index (κ1) is 30.5. The average Bonchev–Trinajstić information content (AvgIpc) is 3.45. The Balaban J connectivity index is 1.31. The first-order valence-corrected chi connectivity index (χ1v) is 15.0. The van der Waals surface area contributed by atoms with Gasteiger partial charge in [0, 0.05) is 44.0 Å². The molecule has 218 valence electrons. The Hall–Kier alpha value is -3.47. The number of carbonyl (C=O) groups excluding carboxylic acids is 2. The summed E-state index contributed by atoms with van der Waals surface area (Å²) in [5, 5.41) is 19.6. The molecule has 1 atom stereocenters. The number of hydrogen-bond donors (Lipinski definition) is 3. The minimum absolute atomic E-state index is 0.0692. The Bertz CT molecular complexity index is 1330. The Kier molecular flexibility index (Phi) is 10.4. The van der Waals surface area contributed by atoms with Crippen LogP contribution in [0.1, 0.15) is 63.7 Å². The number of benzene rings is 1. The molecule has 0 spiro atoms. The fourth-order valence-corrected chi connectivity index (χ4v) is 6.22. The van der Waals surface area contributed by atoms with Gasteiger partial charge in [0.05, 0.1) is 16.8 Å². The number of nitrogens with zero attached hydrogens (tertiary/aromatic N) is 3. The number of carboxylic acids is 1. The van der Waals surface area contributed by atoms with E-state index in [0.29, 0.717) is 35.2 Å². The molecule has 9 nitrogen and oxygen atoms in total. The molecule has 3 N–H and O–H groups in total. The lowest BCUT2D eigenvalue weighted by atomic mass is 10.0. The summed E-state index contributed by atoms with van der Waals surface area (Å²) in [5.74, 6) is -1.14. The zero-order valence-corrected chi connectivity index (χ0v) is 25.1. The molecule has 0 unspecified atom stereocenters. The first-order valence-electron chi connectivity index (χ1n) is 13.7. The highest BCUT2D eigenvalue weighted by atomic mass is 35.5. The number of thiophene rings is 1. The zero-order chi connectivity index (χ0) is 29.5. The van der Waals surface area contributed by atoms with E-state index in [0.717, 1.165) is 43.5 Å². The SMILES string of the molecule is Cc1cc(Cl)nc(C)c1C(=O)NCC[C@@H](C)N1CCC(N(Cc2ccsc2)C(=O)Nc2ccc(C(=O)O)cc2)CC1. The van der Waals surface area contributed by atoms with Crippen molar-refractivity contribution in [1.82, 2.24) is 20.1 Å². The maximum Gasteiger partial charge on any atom is 0.335 e. The van der Waals surface area contributed by atoms with Gasteiger partial charge in [0.1, 0.15) is 5.15 Å². The molecule has 1 aliphatic rings. The van der Waals surface area contributed by atoms with E-state index in [9.17, 15) is 14.4 Å². The van der Waals surface area contributed by atoms with Gasteiger partial charge in [0.2, 0.25) is 0 Å². The maximum absolute atomic E-state index is 13.4. The van der Waals surface area contributed by atoms with Crippen molar-refractivity contribution in [2.45, 2.75) is 58.7 Å². The number of amides is 3. The zero-order valence-electron chi connectivity index (χ0n) is 23.5. The van der Waals surface area contributed by atoms with Crippen LogP contribution in [0.3, 0.4) is 0 Å². The summed E-state index contributed by atoms with van der Waals surface area (Å²) < 4.78 is 0. The highest BCUT2D eigenvalue weighted by Gasteiger charge is 2.30. The van der Waals surface area contributed by atoms with E-state index in [-0.39, 0.29) is 29.6 Å². The van der Waals surface area contributed by atoms with Gasteiger partial charge in [-0.2, -0.15) is 11.3 Å². The molecule has 3 amide bonds. The molecule has 11 heteroatoms. The number of urea groups is 1. The number of carboxylic acid groups (broad SMARTS) is 1. The lowest BCUT2D eigenvalue weighted by molar-refractivity contribution is 0.0696. The van der Waals surface area contributed by atoms with Crippen LogP contribution < -0.4 is 10.6 Å². The van der Waals surface area contributed by atoms with Gasteiger partial charge in [-0.25, -0.2) is 14.6 Å². The lowest BCUT2D eigenvalue weighted by Crippen LogP contribution is -2.50. The summed E-state index contributed by atoms with van der Waals surface area (Å²) >= 11 is 7.60. The number of likely N-dealkylation sites (tertiary alicyclic amines) is 1. The fraction of sp³-hybridized carbons (Fsp3) is 0.400. The normalized spacial score (nSPS) is 14.8.